The van der Waals surface area contributed by atoms with E-state index in [0.717, 1.165) is 16.7 Å². The normalized spacial score (nSPS) is 16.4. The summed E-state index contributed by atoms with van der Waals surface area (Å²) in [6, 6.07) is 14.0. The molecule has 27 heavy (non-hydrogen) atoms. The second kappa shape index (κ2) is 7.95. The maximum absolute atomic E-state index is 12.8. The van der Waals surface area contributed by atoms with Crippen LogP contribution < -0.4 is 15.4 Å². The fraction of sp³-hybridized carbons (Fsp3) is 0.238. The van der Waals surface area contributed by atoms with Crippen LogP contribution in [0.3, 0.4) is 0 Å². The molecule has 0 unspecified atom stereocenters. The molecule has 0 fully saturated rings. The van der Waals surface area contributed by atoms with E-state index in [1.807, 2.05) is 43.3 Å². The van der Waals surface area contributed by atoms with Gasteiger partial charge in [0.05, 0.1) is 18.7 Å². The molecule has 2 aromatic carbocycles. The summed E-state index contributed by atoms with van der Waals surface area (Å²) in [5.74, 6) is 0.226. The quantitative estimate of drug-likeness (QED) is 0.796. The van der Waals surface area contributed by atoms with Gasteiger partial charge in [0.15, 0.2) is 0 Å². The van der Waals surface area contributed by atoms with Gasteiger partial charge < -0.3 is 20.1 Å². The molecule has 0 bridgehead atoms. The van der Waals surface area contributed by atoms with Gasteiger partial charge in [0.2, 0.25) is 0 Å². The van der Waals surface area contributed by atoms with Gasteiger partial charge in [-0.1, -0.05) is 42.0 Å². The van der Waals surface area contributed by atoms with Crippen LogP contribution in [0.25, 0.3) is 0 Å². The molecule has 2 aromatic rings. The third kappa shape index (κ3) is 4.28. The summed E-state index contributed by atoms with van der Waals surface area (Å²) in [6.45, 7) is 3.86. The Morgan fingerprint density at radius 1 is 1.04 bits per heavy atom. The van der Waals surface area contributed by atoms with Crippen LogP contribution in [0.1, 0.15) is 29.7 Å². The molecule has 0 saturated heterocycles. The number of aryl methyl sites for hydroxylation is 1. The molecule has 140 valence electrons. The van der Waals surface area contributed by atoms with Crippen molar-refractivity contribution < 1.29 is 19.1 Å². The standard InChI is InChI=1S/C21H22N2O4/c1-13-4-6-15(7-5-13)12-27-20(24)18-14(2)22-21(25)23-19(18)16-8-10-17(26-3)11-9-16/h4-11,19H,12H2,1-3H3,(H2,22,23,25)/t19-/m0/s1. The zero-order chi connectivity index (χ0) is 19.4. The van der Waals surface area contributed by atoms with Crippen LogP contribution in [0.4, 0.5) is 4.79 Å². The van der Waals surface area contributed by atoms with Crippen molar-refractivity contribution in [2.45, 2.75) is 26.5 Å². The lowest BCUT2D eigenvalue weighted by atomic mass is 9.95. The van der Waals surface area contributed by atoms with Crippen molar-refractivity contribution in [3.05, 3.63) is 76.5 Å². The summed E-state index contributed by atoms with van der Waals surface area (Å²) in [5.41, 5.74) is 3.68. The van der Waals surface area contributed by atoms with E-state index >= 15 is 0 Å². The minimum absolute atomic E-state index is 0.166. The van der Waals surface area contributed by atoms with Crippen molar-refractivity contribution in [2.75, 3.05) is 7.11 Å². The van der Waals surface area contributed by atoms with Crippen LogP contribution in [-0.2, 0) is 16.1 Å². The molecular weight excluding hydrogens is 344 g/mol. The molecule has 1 aliphatic rings. The van der Waals surface area contributed by atoms with Crippen molar-refractivity contribution in [3.63, 3.8) is 0 Å². The second-order valence-corrected chi connectivity index (χ2v) is 6.41. The van der Waals surface area contributed by atoms with Crippen molar-refractivity contribution in [1.29, 1.82) is 0 Å². The number of ether oxygens (including phenoxy) is 2. The van der Waals surface area contributed by atoms with Gasteiger partial charge in [-0.05, 0) is 37.1 Å². The zero-order valence-corrected chi connectivity index (χ0v) is 15.5. The van der Waals surface area contributed by atoms with E-state index < -0.39 is 12.0 Å². The fourth-order valence-corrected chi connectivity index (χ4v) is 2.92. The summed E-state index contributed by atoms with van der Waals surface area (Å²) in [7, 11) is 1.58. The molecule has 0 radical (unpaired) electrons. The van der Waals surface area contributed by atoms with Gasteiger partial charge in [-0.25, -0.2) is 9.59 Å². The number of allylic oxidation sites excluding steroid dienone is 1. The number of hydrogen-bond acceptors (Lipinski definition) is 4. The van der Waals surface area contributed by atoms with E-state index in [9.17, 15) is 9.59 Å². The number of amides is 2. The van der Waals surface area contributed by atoms with Crippen molar-refractivity contribution >= 4 is 12.0 Å². The third-order valence-electron chi connectivity index (χ3n) is 4.43. The number of rotatable bonds is 5. The summed E-state index contributed by atoms with van der Waals surface area (Å²) in [6.07, 6.45) is 0. The molecule has 2 N–H and O–H groups in total. The highest BCUT2D eigenvalue weighted by Crippen LogP contribution is 2.29. The number of nitrogens with one attached hydrogen (secondary N) is 2. The SMILES string of the molecule is COc1ccc([C@@H]2NC(=O)NC(C)=C2C(=O)OCc2ccc(C)cc2)cc1. The Labute approximate surface area is 158 Å². The average Bonchev–Trinajstić information content (AvgIpc) is 2.67. The third-order valence-corrected chi connectivity index (χ3v) is 4.43. The van der Waals surface area contributed by atoms with E-state index in [1.54, 1.807) is 26.2 Å². The van der Waals surface area contributed by atoms with Crippen LogP contribution in [0.2, 0.25) is 0 Å². The highest BCUT2D eigenvalue weighted by molar-refractivity contribution is 5.95. The molecule has 0 saturated carbocycles. The lowest BCUT2D eigenvalue weighted by molar-refractivity contribution is -0.140. The molecule has 2 amide bonds. The largest absolute Gasteiger partial charge is 0.497 e. The Bertz CT molecular complexity index is 870. The zero-order valence-electron chi connectivity index (χ0n) is 15.5. The van der Waals surface area contributed by atoms with E-state index in [0.29, 0.717) is 17.0 Å². The first-order valence-corrected chi connectivity index (χ1v) is 8.63. The van der Waals surface area contributed by atoms with Gasteiger partial charge in [-0.3, -0.25) is 0 Å². The Hall–Kier alpha value is -3.28. The van der Waals surface area contributed by atoms with E-state index in [1.165, 1.54) is 0 Å². The minimum atomic E-state index is -0.588. The summed E-state index contributed by atoms with van der Waals surface area (Å²) < 4.78 is 10.7. The number of hydrogen-bond donors (Lipinski definition) is 2. The van der Waals surface area contributed by atoms with E-state index in [4.69, 9.17) is 9.47 Å². The van der Waals surface area contributed by atoms with Crippen molar-refractivity contribution in [3.8, 4) is 5.75 Å². The van der Waals surface area contributed by atoms with E-state index in [-0.39, 0.29) is 12.6 Å². The van der Waals surface area contributed by atoms with Gasteiger partial charge in [0.1, 0.15) is 12.4 Å². The van der Waals surface area contributed by atoms with Crippen LogP contribution in [0.15, 0.2) is 59.8 Å². The lowest BCUT2D eigenvalue weighted by Crippen LogP contribution is -2.45. The number of esters is 1. The van der Waals surface area contributed by atoms with Crippen LogP contribution in [0, 0.1) is 6.92 Å². The van der Waals surface area contributed by atoms with Gasteiger partial charge >= 0.3 is 12.0 Å². The first kappa shape index (κ1) is 18.5. The monoisotopic (exact) mass is 366 g/mol. The number of carbonyl (C=O) groups is 2. The molecule has 0 aromatic heterocycles. The maximum atomic E-state index is 12.8. The minimum Gasteiger partial charge on any atom is -0.497 e. The predicted octanol–water partition coefficient (Wildman–Crippen LogP) is 3.37. The Morgan fingerprint density at radius 3 is 2.33 bits per heavy atom. The Balaban J connectivity index is 1.81. The Kier molecular flexibility index (Phi) is 5.45. The number of methoxy groups -OCH3 is 1. The highest BCUT2D eigenvalue weighted by Gasteiger charge is 2.32. The van der Waals surface area contributed by atoms with Gasteiger partial charge in [-0.15, -0.1) is 0 Å². The van der Waals surface area contributed by atoms with Crippen LogP contribution >= 0.6 is 0 Å². The topological polar surface area (TPSA) is 76.7 Å². The number of carbonyl (C=O) groups excluding carboxylic acids is 2. The van der Waals surface area contributed by atoms with Gasteiger partial charge in [0.25, 0.3) is 0 Å². The number of urea groups is 1. The molecule has 3 rings (SSSR count). The first-order chi connectivity index (χ1) is 13.0. The lowest BCUT2D eigenvalue weighted by Gasteiger charge is -2.28. The van der Waals surface area contributed by atoms with Gasteiger partial charge in [0, 0.05) is 5.70 Å². The summed E-state index contributed by atoms with van der Waals surface area (Å²) in [5, 5.41) is 5.43. The van der Waals surface area contributed by atoms with Gasteiger partial charge in [-0.2, -0.15) is 0 Å². The number of benzene rings is 2. The molecule has 1 heterocycles. The summed E-state index contributed by atoms with van der Waals surface area (Å²) >= 11 is 0. The molecular formula is C21H22N2O4. The van der Waals surface area contributed by atoms with Crippen molar-refractivity contribution in [2.24, 2.45) is 0 Å². The van der Waals surface area contributed by atoms with Crippen LogP contribution in [0.5, 0.6) is 5.75 Å². The first-order valence-electron chi connectivity index (χ1n) is 8.63. The maximum Gasteiger partial charge on any atom is 0.338 e. The smallest absolute Gasteiger partial charge is 0.338 e. The average molecular weight is 366 g/mol. The molecule has 1 atom stereocenters. The molecule has 0 spiro atoms. The van der Waals surface area contributed by atoms with Crippen molar-refractivity contribution in [1.82, 2.24) is 10.6 Å². The van der Waals surface area contributed by atoms with E-state index in [2.05, 4.69) is 10.6 Å². The Morgan fingerprint density at radius 2 is 1.70 bits per heavy atom. The second-order valence-electron chi connectivity index (χ2n) is 6.41. The molecule has 6 nitrogen and oxygen atoms in total. The molecule has 6 heteroatoms. The summed E-state index contributed by atoms with van der Waals surface area (Å²) in [4.78, 5) is 24.7. The van der Waals surface area contributed by atoms with Crippen LogP contribution in [-0.4, -0.2) is 19.1 Å². The fourth-order valence-electron chi connectivity index (χ4n) is 2.92. The molecule has 1 aliphatic heterocycles. The molecule has 0 aliphatic carbocycles. The highest BCUT2D eigenvalue weighted by atomic mass is 16.5. The predicted molar refractivity (Wildman–Crippen MR) is 101 cm³/mol.